The minimum absolute atomic E-state index is 0.0547. The zero-order valence-electron chi connectivity index (χ0n) is 22.2. The number of amidine groups is 1. The van der Waals surface area contributed by atoms with Gasteiger partial charge < -0.3 is 20.1 Å². The van der Waals surface area contributed by atoms with Crippen molar-refractivity contribution >= 4 is 45.2 Å². The summed E-state index contributed by atoms with van der Waals surface area (Å²) in [5.41, 5.74) is 7.19. The number of carbonyl (C=O) groups is 1. The van der Waals surface area contributed by atoms with E-state index in [1.54, 1.807) is 55.5 Å². The third-order valence-corrected chi connectivity index (χ3v) is 9.20. The lowest BCUT2D eigenvalue weighted by Gasteiger charge is -2.36. The summed E-state index contributed by atoms with van der Waals surface area (Å²) in [6.07, 6.45) is 7.66. The van der Waals surface area contributed by atoms with Crippen LogP contribution in [0.5, 0.6) is 5.75 Å². The van der Waals surface area contributed by atoms with Gasteiger partial charge in [-0.3, -0.25) is 14.5 Å². The van der Waals surface area contributed by atoms with E-state index in [0.29, 0.717) is 34.1 Å². The molecule has 2 aromatic carbocycles. The molecule has 0 aliphatic carbocycles. The number of nitrogens with two attached hydrogens (primary N) is 1. The molecule has 210 valence electrons. The number of nitrogens with one attached hydrogen (secondary N) is 1. The van der Waals surface area contributed by atoms with Crippen LogP contribution in [0.25, 0.3) is 6.08 Å². The van der Waals surface area contributed by atoms with Gasteiger partial charge in [0, 0.05) is 17.6 Å². The summed E-state index contributed by atoms with van der Waals surface area (Å²) in [6.45, 7) is 1.65. The largest absolute Gasteiger partial charge is 0.489 e. The lowest BCUT2D eigenvalue weighted by atomic mass is 10.0. The van der Waals surface area contributed by atoms with Crippen LogP contribution < -0.4 is 14.8 Å². The molecule has 0 saturated carbocycles. The van der Waals surface area contributed by atoms with Crippen LogP contribution in [-0.2, 0) is 19.6 Å². The zero-order chi connectivity index (χ0) is 28.2. The Hall–Kier alpha value is -3.08. The molecule has 3 N–H and O–H groups in total. The average molecular weight is 575 g/mol. The molecule has 0 amide bonds. The minimum Gasteiger partial charge on any atom is -0.489 e. The number of esters is 1. The van der Waals surface area contributed by atoms with Gasteiger partial charge in [0.1, 0.15) is 17.7 Å². The van der Waals surface area contributed by atoms with Crippen molar-refractivity contribution < 1.29 is 22.7 Å². The number of hydrogen-bond acceptors (Lipinski definition) is 7. The van der Waals surface area contributed by atoms with Gasteiger partial charge >= 0.3 is 5.97 Å². The van der Waals surface area contributed by atoms with Crippen molar-refractivity contribution in [3.63, 3.8) is 0 Å². The Morgan fingerprint density at radius 1 is 1.21 bits per heavy atom. The molecule has 2 aliphatic rings. The third-order valence-electron chi connectivity index (χ3n) is 7.27. The number of rotatable bonds is 11. The van der Waals surface area contributed by atoms with Gasteiger partial charge in [-0.25, -0.2) is 8.42 Å². The van der Waals surface area contributed by atoms with E-state index in [2.05, 4.69) is 11.9 Å². The number of nitrogen functional groups attached to an aromatic ring is 1. The molecule has 39 heavy (non-hydrogen) atoms. The topological polar surface area (TPSA) is 126 Å². The fourth-order valence-corrected chi connectivity index (χ4v) is 6.79. The number of sulfonamides is 1. The summed E-state index contributed by atoms with van der Waals surface area (Å²) < 4.78 is 38.9. The second-order valence-electron chi connectivity index (χ2n) is 9.91. The third kappa shape index (κ3) is 7.12. The van der Waals surface area contributed by atoms with Crippen LogP contribution in [0, 0.1) is 5.41 Å². The van der Waals surface area contributed by atoms with E-state index in [-0.39, 0.29) is 25.1 Å². The Balaban J connectivity index is 1.55. The Morgan fingerprint density at radius 3 is 2.56 bits per heavy atom. The van der Waals surface area contributed by atoms with E-state index < -0.39 is 21.7 Å². The zero-order valence-corrected chi connectivity index (χ0v) is 23.7. The van der Waals surface area contributed by atoms with Crippen LogP contribution in [0.2, 0.25) is 5.02 Å². The van der Waals surface area contributed by atoms with E-state index in [9.17, 15) is 13.2 Å². The van der Waals surface area contributed by atoms with Gasteiger partial charge in [0.2, 0.25) is 10.0 Å². The Kier molecular flexibility index (Phi) is 9.19. The van der Waals surface area contributed by atoms with Gasteiger partial charge in [-0.2, -0.15) is 0 Å². The summed E-state index contributed by atoms with van der Waals surface area (Å²) in [7, 11) is -1.93. The number of anilines is 1. The van der Waals surface area contributed by atoms with E-state index in [1.165, 1.54) is 12.8 Å². The van der Waals surface area contributed by atoms with Crippen LogP contribution >= 0.6 is 11.6 Å². The first-order valence-corrected chi connectivity index (χ1v) is 15.0. The molecular formula is C28H35ClN4O5S. The van der Waals surface area contributed by atoms with Crippen LogP contribution in [0.1, 0.15) is 43.7 Å². The predicted molar refractivity (Wildman–Crippen MR) is 154 cm³/mol. The number of nitrogens with zero attached hydrogens (tertiary/aromatic N) is 2. The molecule has 2 bridgehead atoms. The van der Waals surface area contributed by atoms with Crippen molar-refractivity contribution in [2.24, 2.45) is 5.73 Å². The van der Waals surface area contributed by atoms with Crippen molar-refractivity contribution in [2.75, 3.05) is 30.3 Å². The fourth-order valence-electron chi connectivity index (χ4n) is 5.28. The maximum absolute atomic E-state index is 13.3. The Labute approximate surface area is 235 Å². The predicted octanol–water partition coefficient (Wildman–Crippen LogP) is 4.04. The number of fused-ring (bicyclic) bond motifs is 2. The van der Waals surface area contributed by atoms with Crippen molar-refractivity contribution in [3.8, 4) is 5.75 Å². The summed E-state index contributed by atoms with van der Waals surface area (Å²) in [4.78, 5) is 14.5. The first kappa shape index (κ1) is 28.9. The van der Waals surface area contributed by atoms with Crippen LogP contribution in [0.15, 0.2) is 48.5 Å². The van der Waals surface area contributed by atoms with Crippen LogP contribution in [0.4, 0.5) is 5.69 Å². The lowest BCUT2D eigenvalue weighted by molar-refractivity contribution is -0.139. The molecule has 2 atom stereocenters. The molecule has 0 radical (unpaired) electrons. The number of hydrogen-bond donors (Lipinski definition) is 2. The van der Waals surface area contributed by atoms with Crippen LogP contribution in [0.3, 0.4) is 0 Å². The van der Waals surface area contributed by atoms with Crippen molar-refractivity contribution in [2.45, 2.75) is 50.8 Å². The molecule has 0 spiro atoms. The average Bonchev–Trinajstić information content (AvgIpc) is 3.08. The van der Waals surface area contributed by atoms with Gasteiger partial charge in [-0.1, -0.05) is 42.0 Å². The number of halogens is 1. The van der Waals surface area contributed by atoms with Crippen molar-refractivity contribution in [3.05, 3.63) is 64.7 Å². The molecular weight excluding hydrogens is 540 g/mol. The second-order valence-corrected chi connectivity index (χ2v) is 12.2. The number of ether oxygens (including phenoxy) is 2. The summed E-state index contributed by atoms with van der Waals surface area (Å²) >= 11 is 6.59. The SMILES string of the molecule is CCOC(=O)CS(=O)(=O)N(C/C=C/c1cccc(C(=N)N)c1)c1ccc(OC2CC3CCC(C2)N3C)c(Cl)c1. The van der Waals surface area contributed by atoms with E-state index in [0.717, 1.165) is 22.7 Å². The molecule has 2 heterocycles. The first-order valence-electron chi connectivity index (χ1n) is 13.0. The van der Waals surface area contributed by atoms with Gasteiger partial charge in [0.25, 0.3) is 0 Å². The highest BCUT2D eigenvalue weighted by Crippen LogP contribution is 2.38. The normalized spacial score (nSPS) is 21.2. The lowest BCUT2D eigenvalue weighted by Crippen LogP contribution is -2.43. The van der Waals surface area contributed by atoms with E-state index in [4.69, 9.17) is 32.2 Å². The molecule has 2 aromatic rings. The van der Waals surface area contributed by atoms with E-state index in [1.807, 2.05) is 6.07 Å². The monoisotopic (exact) mass is 574 g/mol. The second kappa shape index (κ2) is 12.4. The smallest absolute Gasteiger partial charge is 0.323 e. The molecule has 0 aromatic heterocycles. The highest BCUT2D eigenvalue weighted by molar-refractivity contribution is 7.93. The maximum atomic E-state index is 13.3. The molecule has 11 heteroatoms. The quantitative estimate of drug-likeness (QED) is 0.236. The highest BCUT2D eigenvalue weighted by Gasteiger charge is 2.39. The van der Waals surface area contributed by atoms with Gasteiger partial charge in [0.05, 0.1) is 23.9 Å². The van der Waals surface area contributed by atoms with E-state index >= 15 is 0 Å². The van der Waals surface area contributed by atoms with Gasteiger partial charge in [-0.15, -0.1) is 0 Å². The number of benzene rings is 2. The minimum atomic E-state index is -4.09. The summed E-state index contributed by atoms with van der Waals surface area (Å²) in [5, 5.41) is 7.92. The van der Waals surface area contributed by atoms with Crippen molar-refractivity contribution in [1.29, 1.82) is 5.41 Å². The fraction of sp³-hybridized carbons (Fsp3) is 0.429. The molecule has 2 aliphatic heterocycles. The van der Waals surface area contributed by atoms with Gasteiger partial charge in [0.15, 0.2) is 5.75 Å². The molecule has 2 fully saturated rings. The first-order chi connectivity index (χ1) is 18.6. The maximum Gasteiger partial charge on any atom is 0.323 e. The number of piperidine rings is 1. The Bertz CT molecular complexity index is 1340. The summed E-state index contributed by atoms with van der Waals surface area (Å²) in [6, 6.07) is 12.9. The van der Waals surface area contributed by atoms with Crippen LogP contribution in [-0.4, -0.2) is 69.3 Å². The van der Waals surface area contributed by atoms with Crippen molar-refractivity contribution in [1.82, 2.24) is 4.90 Å². The van der Waals surface area contributed by atoms with Gasteiger partial charge in [-0.05, 0) is 69.5 Å². The molecule has 2 saturated heterocycles. The molecule has 2 unspecified atom stereocenters. The Morgan fingerprint density at radius 2 is 1.92 bits per heavy atom. The molecule has 9 nitrogen and oxygen atoms in total. The molecule has 4 rings (SSSR count). The highest BCUT2D eigenvalue weighted by atomic mass is 35.5. The standard InChI is InChI=1S/C28H35ClN4O5S/c1-3-37-27(34)18-39(35,36)33(13-5-7-19-6-4-8-20(14-19)28(30)31)23-11-12-26(25(29)17-23)38-24-15-21-9-10-22(16-24)32(21)2/h4-8,11-12,14,17,21-22,24H,3,9-10,13,15-16,18H2,1-2H3,(H3,30,31)/b7-5+. The summed E-state index contributed by atoms with van der Waals surface area (Å²) in [5.74, 6) is -1.19. The number of carbonyl (C=O) groups excluding carboxylic acids is 1.